The summed E-state index contributed by atoms with van der Waals surface area (Å²) in [5.41, 5.74) is 8.54. The fourth-order valence-corrected chi connectivity index (χ4v) is 5.39. The fourth-order valence-electron chi connectivity index (χ4n) is 3.64. The highest BCUT2D eigenvalue weighted by molar-refractivity contribution is 7.99. The number of aromatic nitrogens is 1. The Balaban J connectivity index is 1.74. The van der Waals surface area contributed by atoms with Gasteiger partial charge in [-0.25, -0.2) is 9.78 Å². The second-order valence-electron chi connectivity index (χ2n) is 7.31. The number of pyridine rings is 1. The quantitative estimate of drug-likeness (QED) is 0.351. The van der Waals surface area contributed by atoms with Gasteiger partial charge in [0.15, 0.2) is 0 Å². The molecule has 4 rings (SSSR count). The third kappa shape index (κ3) is 5.07. The van der Waals surface area contributed by atoms with E-state index in [0.717, 1.165) is 16.1 Å². The number of thiophene rings is 1. The molecule has 0 fully saturated rings. The highest BCUT2D eigenvalue weighted by Crippen LogP contribution is 2.42. The van der Waals surface area contributed by atoms with Crippen molar-refractivity contribution in [1.29, 1.82) is 10.5 Å². The Morgan fingerprint density at radius 2 is 1.97 bits per heavy atom. The van der Waals surface area contributed by atoms with Crippen molar-refractivity contribution in [2.24, 2.45) is 5.73 Å². The van der Waals surface area contributed by atoms with Gasteiger partial charge in [0.05, 0.1) is 35.1 Å². The second-order valence-corrected chi connectivity index (χ2v) is 9.26. The smallest absolute Gasteiger partial charge is 0.338 e. The summed E-state index contributed by atoms with van der Waals surface area (Å²) >= 11 is 2.67. The first-order valence-electron chi connectivity index (χ1n) is 10.7. The number of carbonyl (C=O) groups excluding carboxylic acids is 1. The molecule has 0 amide bonds. The van der Waals surface area contributed by atoms with E-state index in [2.05, 4.69) is 17.1 Å². The van der Waals surface area contributed by atoms with Crippen LogP contribution in [0.1, 0.15) is 23.3 Å². The molecule has 2 N–H and O–H groups in total. The van der Waals surface area contributed by atoms with E-state index in [1.807, 2.05) is 47.8 Å². The third-order valence-corrected chi connectivity index (χ3v) is 7.14. The van der Waals surface area contributed by atoms with Gasteiger partial charge in [0.2, 0.25) is 5.88 Å². The van der Waals surface area contributed by atoms with Crippen LogP contribution in [0, 0.1) is 22.7 Å². The largest absolute Gasteiger partial charge is 0.463 e. The van der Waals surface area contributed by atoms with E-state index in [1.54, 1.807) is 19.1 Å². The molecule has 0 bridgehead atoms. The number of hydrogen-bond donors (Lipinski definition) is 1. The van der Waals surface area contributed by atoms with Crippen molar-refractivity contribution in [1.82, 2.24) is 4.98 Å². The van der Waals surface area contributed by atoms with Gasteiger partial charge in [0, 0.05) is 10.4 Å². The van der Waals surface area contributed by atoms with Crippen LogP contribution in [-0.4, -0.2) is 23.3 Å². The number of benzene rings is 1. The zero-order valence-electron chi connectivity index (χ0n) is 18.7. The Morgan fingerprint density at radius 3 is 2.63 bits per heavy atom. The standard InChI is InChI=1S/C26H20N4O3S2/c1-2-32-26(31)23-20(33-24(29)18(14-28)22(23)21-9-6-12-34-21)15-35-25-17(13-27)10-11-19(30-25)16-7-4-3-5-8-16/h3-12,22H,2,15,29H2,1H3/t22-/m1/s1. The van der Waals surface area contributed by atoms with Gasteiger partial charge in [-0.3, -0.25) is 0 Å². The number of rotatable bonds is 7. The van der Waals surface area contributed by atoms with Gasteiger partial charge >= 0.3 is 5.97 Å². The first kappa shape index (κ1) is 24.1. The molecule has 9 heteroatoms. The third-order valence-electron chi connectivity index (χ3n) is 5.21. The first-order chi connectivity index (χ1) is 17.1. The number of carbonyl (C=O) groups is 1. The van der Waals surface area contributed by atoms with Crippen LogP contribution in [0.4, 0.5) is 0 Å². The zero-order valence-corrected chi connectivity index (χ0v) is 20.4. The Hall–Kier alpha value is -4.05. The number of ether oxygens (including phenoxy) is 2. The van der Waals surface area contributed by atoms with Crippen molar-refractivity contribution in [3.63, 3.8) is 0 Å². The first-order valence-corrected chi connectivity index (χ1v) is 12.5. The maximum absolute atomic E-state index is 13.1. The van der Waals surface area contributed by atoms with Crippen molar-refractivity contribution >= 4 is 29.1 Å². The van der Waals surface area contributed by atoms with Gasteiger partial charge in [-0.05, 0) is 30.5 Å². The highest BCUT2D eigenvalue weighted by atomic mass is 32.2. The van der Waals surface area contributed by atoms with Crippen LogP contribution in [0.5, 0.6) is 0 Å². The minimum Gasteiger partial charge on any atom is -0.463 e. The lowest BCUT2D eigenvalue weighted by Gasteiger charge is -2.27. The molecule has 35 heavy (non-hydrogen) atoms. The van der Waals surface area contributed by atoms with Gasteiger partial charge in [-0.2, -0.15) is 10.5 Å². The minimum absolute atomic E-state index is 0.0546. The second kappa shape index (κ2) is 10.9. The molecule has 0 saturated carbocycles. The topological polar surface area (TPSA) is 122 Å². The lowest BCUT2D eigenvalue weighted by atomic mass is 9.87. The molecule has 3 aromatic rings. The predicted molar refractivity (Wildman–Crippen MR) is 134 cm³/mol. The van der Waals surface area contributed by atoms with Crippen LogP contribution in [0.15, 0.2) is 87.8 Å². The summed E-state index contributed by atoms with van der Waals surface area (Å²) in [4.78, 5) is 18.5. The molecule has 174 valence electrons. The van der Waals surface area contributed by atoms with Crippen molar-refractivity contribution in [2.45, 2.75) is 17.9 Å². The number of allylic oxidation sites excluding steroid dienone is 1. The van der Waals surface area contributed by atoms with Crippen molar-refractivity contribution in [3.05, 3.63) is 93.2 Å². The zero-order chi connectivity index (χ0) is 24.8. The molecule has 0 spiro atoms. The summed E-state index contributed by atoms with van der Waals surface area (Å²) < 4.78 is 11.1. The lowest BCUT2D eigenvalue weighted by Crippen LogP contribution is -2.26. The average Bonchev–Trinajstić information content (AvgIpc) is 3.42. The molecule has 0 saturated heterocycles. The molecule has 3 heterocycles. The van der Waals surface area contributed by atoms with E-state index in [9.17, 15) is 15.3 Å². The van der Waals surface area contributed by atoms with E-state index < -0.39 is 11.9 Å². The van der Waals surface area contributed by atoms with Crippen LogP contribution < -0.4 is 5.73 Å². The fraction of sp³-hybridized carbons (Fsp3) is 0.154. The van der Waals surface area contributed by atoms with Crippen molar-refractivity contribution in [3.8, 4) is 23.4 Å². The monoisotopic (exact) mass is 500 g/mol. The Labute approximate surface area is 211 Å². The predicted octanol–water partition coefficient (Wildman–Crippen LogP) is 5.10. The summed E-state index contributed by atoms with van der Waals surface area (Å²) in [6.45, 7) is 1.88. The maximum Gasteiger partial charge on any atom is 0.338 e. The minimum atomic E-state index is -0.692. The summed E-state index contributed by atoms with van der Waals surface area (Å²) in [5, 5.41) is 21.8. The van der Waals surface area contributed by atoms with E-state index in [4.69, 9.17) is 15.2 Å². The number of nitrogens with zero attached hydrogens (tertiary/aromatic N) is 3. The molecule has 0 aliphatic carbocycles. The SMILES string of the molecule is CCOC(=O)C1=C(CSc2nc(-c3ccccc3)ccc2C#N)OC(N)=C(C#N)[C@@H]1c1cccs1. The highest BCUT2D eigenvalue weighted by Gasteiger charge is 2.38. The Bertz CT molecular complexity index is 1380. The summed E-state index contributed by atoms with van der Waals surface area (Å²) in [6, 6.07) is 21.1. The van der Waals surface area contributed by atoms with E-state index >= 15 is 0 Å². The normalized spacial score (nSPS) is 15.2. The van der Waals surface area contributed by atoms with E-state index in [-0.39, 0.29) is 35.1 Å². The Kier molecular flexibility index (Phi) is 7.51. The van der Waals surface area contributed by atoms with Gasteiger partial charge in [-0.1, -0.05) is 48.2 Å². The maximum atomic E-state index is 13.1. The van der Waals surface area contributed by atoms with Crippen LogP contribution in [-0.2, 0) is 14.3 Å². The summed E-state index contributed by atoms with van der Waals surface area (Å²) in [5.74, 6) is -0.883. The molecule has 1 aliphatic rings. The molecule has 1 aliphatic heterocycles. The van der Waals surface area contributed by atoms with Crippen LogP contribution in [0.3, 0.4) is 0 Å². The number of esters is 1. The van der Waals surface area contributed by atoms with Crippen LogP contribution in [0.2, 0.25) is 0 Å². The van der Waals surface area contributed by atoms with E-state index in [0.29, 0.717) is 10.6 Å². The molecule has 0 unspecified atom stereocenters. The van der Waals surface area contributed by atoms with Gasteiger partial charge in [-0.15, -0.1) is 11.3 Å². The van der Waals surface area contributed by atoms with Gasteiger partial charge < -0.3 is 15.2 Å². The molecule has 2 aromatic heterocycles. The van der Waals surface area contributed by atoms with Crippen LogP contribution >= 0.6 is 23.1 Å². The summed E-state index contributed by atoms with van der Waals surface area (Å²) in [6.07, 6.45) is 0. The molecule has 7 nitrogen and oxygen atoms in total. The molecule has 1 atom stereocenters. The molecule has 1 aromatic carbocycles. The Morgan fingerprint density at radius 1 is 1.17 bits per heavy atom. The number of thioether (sulfide) groups is 1. The van der Waals surface area contributed by atoms with Gasteiger partial charge in [0.25, 0.3) is 0 Å². The molecular formula is C26H20N4O3S2. The van der Waals surface area contributed by atoms with Crippen molar-refractivity contribution in [2.75, 3.05) is 12.4 Å². The molecular weight excluding hydrogens is 480 g/mol. The summed E-state index contributed by atoms with van der Waals surface area (Å²) in [7, 11) is 0. The number of hydrogen-bond acceptors (Lipinski definition) is 9. The van der Waals surface area contributed by atoms with Crippen LogP contribution in [0.25, 0.3) is 11.3 Å². The molecule has 0 radical (unpaired) electrons. The van der Waals surface area contributed by atoms with Crippen molar-refractivity contribution < 1.29 is 14.3 Å². The van der Waals surface area contributed by atoms with E-state index in [1.165, 1.54) is 23.1 Å². The number of nitriles is 2. The van der Waals surface area contributed by atoms with Gasteiger partial charge in [0.1, 0.15) is 28.5 Å². The lowest BCUT2D eigenvalue weighted by molar-refractivity contribution is -0.139. The number of nitrogens with two attached hydrogens (primary N) is 1. The average molecular weight is 501 g/mol.